The van der Waals surface area contributed by atoms with Crippen molar-refractivity contribution < 1.29 is 4.92 Å². The lowest BCUT2D eigenvalue weighted by Gasteiger charge is -2.26. The molecule has 1 aromatic carbocycles. The molecule has 1 saturated heterocycles. The lowest BCUT2D eigenvalue weighted by atomic mass is 10.2. The second-order valence-electron chi connectivity index (χ2n) is 5.32. The van der Waals surface area contributed by atoms with Gasteiger partial charge in [-0.25, -0.2) is 0 Å². The molecule has 1 atom stereocenters. The van der Waals surface area contributed by atoms with Crippen LogP contribution in [-0.4, -0.2) is 42.0 Å². The van der Waals surface area contributed by atoms with E-state index < -0.39 is 0 Å². The number of hydrogen-bond donors (Lipinski definition) is 0. The van der Waals surface area contributed by atoms with E-state index in [4.69, 9.17) is 0 Å². The Hall–Kier alpha value is -1.14. The van der Waals surface area contributed by atoms with E-state index in [1.807, 2.05) is 12.1 Å². The third-order valence-corrected chi connectivity index (χ3v) is 4.87. The van der Waals surface area contributed by atoms with Gasteiger partial charge in [-0.2, -0.15) is 0 Å². The van der Waals surface area contributed by atoms with E-state index in [0.29, 0.717) is 11.4 Å². The summed E-state index contributed by atoms with van der Waals surface area (Å²) in [5, 5.41) is 12.0. The molecule has 1 aliphatic heterocycles. The zero-order valence-corrected chi connectivity index (χ0v) is 14.2. The first kappa shape index (κ1) is 16.2. The number of anilines is 1. The molecule has 1 heterocycles. The standard InChI is InChI=1S/C15H22BrN3O2/c1-3-17(4-2)13-7-8-18(11-13)14-6-5-12(10-16)9-15(14)19(20)21/h5-6,9,13H,3-4,7-8,10-11H2,1-2H3. The van der Waals surface area contributed by atoms with Crippen LogP contribution in [-0.2, 0) is 5.33 Å². The van der Waals surface area contributed by atoms with Crippen LogP contribution in [0.5, 0.6) is 0 Å². The van der Waals surface area contributed by atoms with Crippen LogP contribution in [0.25, 0.3) is 0 Å². The number of nitro benzene ring substituents is 1. The maximum Gasteiger partial charge on any atom is 0.292 e. The van der Waals surface area contributed by atoms with Gasteiger partial charge in [-0.15, -0.1) is 0 Å². The van der Waals surface area contributed by atoms with E-state index in [2.05, 4.69) is 39.6 Å². The van der Waals surface area contributed by atoms with Gasteiger partial charge < -0.3 is 4.90 Å². The highest BCUT2D eigenvalue weighted by molar-refractivity contribution is 9.08. The SMILES string of the molecule is CCN(CC)C1CCN(c2ccc(CBr)cc2[N+](=O)[O-])C1. The minimum Gasteiger partial charge on any atom is -0.364 e. The first-order chi connectivity index (χ1) is 10.1. The topological polar surface area (TPSA) is 49.6 Å². The van der Waals surface area contributed by atoms with Gasteiger partial charge in [0.05, 0.1) is 4.92 Å². The third-order valence-electron chi connectivity index (χ3n) is 4.22. The number of benzene rings is 1. The summed E-state index contributed by atoms with van der Waals surface area (Å²) >= 11 is 3.35. The van der Waals surface area contributed by atoms with Crippen LogP contribution in [0.2, 0.25) is 0 Å². The highest BCUT2D eigenvalue weighted by Crippen LogP contribution is 2.33. The summed E-state index contributed by atoms with van der Waals surface area (Å²) in [5.74, 6) is 0. The van der Waals surface area contributed by atoms with E-state index in [-0.39, 0.29) is 10.6 Å². The van der Waals surface area contributed by atoms with Crippen LogP contribution in [0.15, 0.2) is 18.2 Å². The fourth-order valence-corrected chi connectivity index (χ4v) is 3.41. The molecule has 1 aromatic rings. The van der Waals surface area contributed by atoms with Crippen molar-refractivity contribution in [3.8, 4) is 0 Å². The lowest BCUT2D eigenvalue weighted by molar-refractivity contribution is -0.384. The average molecular weight is 356 g/mol. The van der Waals surface area contributed by atoms with Gasteiger partial charge in [-0.3, -0.25) is 15.0 Å². The highest BCUT2D eigenvalue weighted by Gasteiger charge is 2.30. The van der Waals surface area contributed by atoms with E-state index in [1.54, 1.807) is 6.07 Å². The Morgan fingerprint density at radius 2 is 2.14 bits per heavy atom. The second kappa shape index (κ2) is 7.22. The van der Waals surface area contributed by atoms with Crippen LogP contribution in [0.1, 0.15) is 25.8 Å². The number of hydrogen-bond acceptors (Lipinski definition) is 4. The minimum atomic E-state index is -0.272. The average Bonchev–Trinajstić information content (AvgIpc) is 2.97. The van der Waals surface area contributed by atoms with Crippen molar-refractivity contribution in [2.45, 2.75) is 31.6 Å². The van der Waals surface area contributed by atoms with Crippen molar-refractivity contribution in [1.29, 1.82) is 0 Å². The molecule has 6 heteroatoms. The fraction of sp³-hybridized carbons (Fsp3) is 0.600. The Morgan fingerprint density at radius 3 is 2.71 bits per heavy atom. The lowest BCUT2D eigenvalue weighted by Crippen LogP contribution is -2.37. The minimum absolute atomic E-state index is 0.215. The first-order valence-electron chi connectivity index (χ1n) is 7.43. The molecule has 0 amide bonds. The Labute approximate surface area is 134 Å². The van der Waals surface area contributed by atoms with Crippen molar-refractivity contribution in [3.05, 3.63) is 33.9 Å². The van der Waals surface area contributed by atoms with Gasteiger partial charge in [0, 0.05) is 30.5 Å². The van der Waals surface area contributed by atoms with Gasteiger partial charge in [-0.1, -0.05) is 35.8 Å². The molecular formula is C15H22BrN3O2. The van der Waals surface area contributed by atoms with Crippen molar-refractivity contribution in [2.24, 2.45) is 0 Å². The molecule has 0 bridgehead atoms. The molecular weight excluding hydrogens is 334 g/mol. The molecule has 1 aliphatic rings. The Kier molecular flexibility index (Phi) is 5.58. The van der Waals surface area contributed by atoms with E-state index >= 15 is 0 Å². The van der Waals surface area contributed by atoms with Gasteiger partial charge >= 0.3 is 0 Å². The van der Waals surface area contributed by atoms with Crippen LogP contribution in [0, 0.1) is 10.1 Å². The molecule has 0 saturated carbocycles. The van der Waals surface area contributed by atoms with Crippen molar-refractivity contribution >= 4 is 27.3 Å². The summed E-state index contributed by atoms with van der Waals surface area (Å²) in [6, 6.07) is 6.02. The fourth-order valence-electron chi connectivity index (χ4n) is 3.06. The van der Waals surface area contributed by atoms with Crippen LogP contribution in [0.3, 0.4) is 0 Å². The monoisotopic (exact) mass is 355 g/mol. The molecule has 0 spiro atoms. The smallest absolute Gasteiger partial charge is 0.292 e. The number of halogens is 1. The zero-order valence-electron chi connectivity index (χ0n) is 12.6. The normalized spacial score (nSPS) is 18.5. The quantitative estimate of drug-likeness (QED) is 0.445. The molecule has 21 heavy (non-hydrogen) atoms. The summed E-state index contributed by atoms with van der Waals surface area (Å²) in [4.78, 5) is 15.6. The summed E-state index contributed by atoms with van der Waals surface area (Å²) in [7, 11) is 0. The van der Waals surface area contributed by atoms with E-state index in [0.717, 1.165) is 43.9 Å². The molecule has 2 rings (SSSR count). The Morgan fingerprint density at radius 1 is 1.43 bits per heavy atom. The van der Waals surface area contributed by atoms with Gasteiger partial charge in [0.1, 0.15) is 5.69 Å². The molecule has 0 aliphatic carbocycles. The van der Waals surface area contributed by atoms with Gasteiger partial charge in [-0.05, 0) is 31.1 Å². The van der Waals surface area contributed by atoms with Gasteiger partial charge in [0.15, 0.2) is 0 Å². The summed E-state index contributed by atoms with van der Waals surface area (Å²) in [6.07, 6.45) is 1.07. The summed E-state index contributed by atoms with van der Waals surface area (Å²) in [6.45, 7) is 8.14. The molecule has 0 radical (unpaired) electrons. The van der Waals surface area contributed by atoms with Crippen molar-refractivity contribution in [1.82, 2.24) is 4.90 Å². The molecule has 1 fully saturated rings. The Balaban J connectivity index is 2.21. The molecule has 0 aromatic heterocycles. The molecule has 0 N–H and O–H groups in total. The van der Waals surface area contributed by atoms with E-state index in [9.17, 15) is 10.1 Å². The molecule has 5 nitrogen and oxygen atoms in total. The first-order valence-corrected chi connectivity index (χ1v) is 8.55. The van der Waals surface area contributed by atoms with Crippen LogP contribution < -0.4 is 4.90 Å². The van der Waals surface area contributed by atoms with E-state index in [1.165, 1.54) is 0 Å². The zero-order chi connectivity index (χ0) is 15.4. The van der Waals surface area contributed by atoms with Crippen LogP contribution in [0.4, 0.5) is 11.4 Å². The maximum absolute atomic E-state index is 11.3. The van der Waals surface area contributed by atoms with Crippen LogP contribution >= 0.6 is 15.9 Å². The van der Waals surface area contributed by atoms with Crippen molar-refractivity contribution in [3.63, 3.8) is 0 Å². The maximum atomic E-state index is 11.3. The number of nitrogens with zero attached hydrogens (tertiary/aromatic N) is 3. The highest BCUT2D eigenvalue weighted by atomic mass is 79.9. The summed E-state index contributed by atoms with van der Waals surface area (Å²) in [5.41, 5.74) is 1.90. The number of alkyl halides is 1. The predicted molar refractivity (Wildman–Crippen MR) is 89.3 cm³/mol. The number of likely N-dealkylation sites (N-methyl/N-ethyl adjacent to an activating group) is 1. The molecule has 116 valence electrons. The van der Waals surface area contributed by atoms with Crippen molar-refractivity contribution in [2.75, 3.05) is 31.1 Å². The largest absolute Gasteiger partial charge is 0.364 e. The predicted octanol–water partition coefficient (Wildman–Crippen LogP) is 3.41. The number of rotatable bonds is 6. The second-order valence-corrected chi connectivity index (χ2v) is 5.88. The molecule has 1 unspecified atom stereocenters. The third kappa shape index (κ3) is 3.55. The van der Waals surface area contributed by atoms with Gasteiger partial charge in [0.25, 0.3) is 5.69 Å². The Bertz CT molecular complexity index is 506. The summed E-state index contributed by atoms with van der Waals surface area (Å²) < 4.78 is 0. The number of nitro groups is 1. The van der Waals surface area contributed by atoms with Gasteiger partial charge in [0.2, 0.25) is 0 Å².